The Morgan fingerprint density at radius 1 is 1.17 bits per heavy atom. The molecule has 1 atom stereocenters. The molecule has 65 valence electrons. The number of rotatable bonds is 1. The Morgan fingerprint density at radius 3 is 2.67 bits per heavy atom. The molecule has 2 rings (SSSR count). The standard InChI is InChI=1S/C11H16N/c1-2-6-10(7-3-1)11-8-4-5-9-12-11/h4-5,9-12H,1-3,6-7H2. The minimum absolute atomic E-state index is 0.496. The van der Waals surface area contributed by atoms with Crippen LogP contribution in [-0.4, -0.2) is 6.04 Å². The van der Waals surface area contributed by atoms with Gasteiger partial charge in [-0.2, -0.15) is 0 Å². The second-order valence-corrected chi connectivity index (χ2v) is 3.73. The molecule has 1 heterocycles. The van der Waals surface area contributed by atoms with Gasteiger partial charge in [0.25, 0.3) is 0 Å². The molecule has 1 unspecified atom stereocenters. The van der Waals surface area contributed by atoms with Crippen LogP contribution in [0.15, 0.2) is 18.4 Å². The topological polar surface area (TPSA) is 12.0 Å². The van der Waals surface area contributed by atoms with E-state index in [4.69, 9.17) is 0 Å². The first-order chi connectivity index (χ1) is 5.97. The minimum Gasteiger partial charge on any atom is -0.384 e. The van der Waals surface area contributed by atoms with Crippen LogP contribution in [0.3, 0.4) is 0 Å². The molecule has 0 aromatic heterocycles. The smallest absolute Gasteiger partial charge is 0.0540 e. The van der Waals surface area contributed by atoms with Crippen LogP contribution in [0.4, 0.5) is 0 Å². The summed E-state index contributed by atoms with van der Waals surface area (Å²) in [4.78, 5) is 0. The van der Waals surface area contributed by atoms with Crippen LogP contribution in [0.1, 0.15) is 32.1 Å². The van der Waals surface area contributed by atoms with E-state index in [1.807, 2.05) is 18.4 Å². The van der Waals surface area contributed by atoms with E-state index in [-0.39, 0.29) is 0 Å². The van der Waals surface area contributed by atoms with Crippen molar-refractivity contribution < 1.29 is 0 Å². The molecular formula is C11H16N. The van der Waals surface area contributed by atoms with Gasteiger partial charge in [0, 0.05) is 0 Å². The van der Waals surface area contributed by atoms with Crippen molar-refractivity contribution in [1.29, 1.82) is 0 Å². The number of dihydropyridines is 1. The highest BCUT2D eigenvalue weighted by molar-refractivity contribution is 5.08. The zero-order valence-corrected chi connectivity index (χ0v) is 7.42. The van der Waals surface area contributed by atoms with Gasteiger partial charge < -0.3 is 5.32 Å². The normalized spacial score (nSPS) is 30.2. The van der Waals surface area contributed by atoms with Gasteiger partial charge in [0.2, 0.25) is 0 Å². The monoisotopic (exact) mass is 162 g/mol. The molecule has 0 aromatic carbocycles. The highest BCUT2D eigenvalue weighted by Gasteiger charge is 2.21. The summed E-state index contributed by atoms with van der Waals surface area (Å²) in [6.07, 6.45) is 16.5. The largest absolute Gasteiger partial charge is 0.384 e. The second kappa shape index (κ2) is 3.79. The fourth-order valence-electron chi connectivity index (χ4n) is 2.15. The van der Waals surface area contributed by atoms with Crippen LogP contribution in [0.25, 0.3) is 0 Å². The molecule has 0 bridgehead atoms. The Morgan fingerprint density at radius 2 is 2.00 bits per heavy atom. The van der Waals surface area contributed by atoms with Crippen molar-refractivity contribution in [3.05, 3.63) is 24.4 Å². The van der Waals surface area contributed by atoms with Crippen LogP contribution in [0.2, 0.25) is 0 Å². The molecule has 0 amide bonds. The van der Waals surface area contributed by atoms with E-state index in [1.165, 1.54) is 32.1 Å². The van der Waals surface area contributed by atoms with E-state index in [1.54, 1.807) is 0 Å². The van der Waals surface area contributed by atoms with E-state index in [0.717, 1.165) is 5.92 Å². The summed E-state index contributed by atoms with van der Waals surface area (Å²) in [5.74, 6) is 0.833. The molecule has 0 aromatic rings. The molecule has 1 N–H and O–H groups in total. The molecule has 2 aliphatic rings. The summed E-state index contributed by atoms with van der Waals surface area (Å²) in [6, 6.07) is 0.496. The average molecular weight is 162 g/mol. The number of nitrogens with one attached hydrogen (secondary N) is 1. The third kappa shape index (κ3) is 1.71. The predicted octanol–water partition coefficient (Wildman–Crippen LogP) is 2.41. The van der Waals surface area contributed by atoms with Gasteiger partial charge in [0.15, 0.2) is 0 Å². The van der Waals surface area contributed by atoms with Gasteiger partial charge in [-0.3, -0.25) is 0 Å². The maximum Gasteiger partial charge on any atom is 0.0540 e. The lowest BCUT2D eigenvalue weighted by atomic mass is 9.83. The lowest BCUT2D eigenvalue weighted by molar-refractivity contribution is 0.309. The third-order valence-electron chi connectivity index (χ3n) is 2.87. The summed E-state index contributed by atoms with van der Waals surface area (Å²) in [5.41, 5.74) is 0. The zero-order valence-electron chi connectivity index (χ0n) is 7.42. The van der Waals surface area contributed by atoms with Crippen molar-refractivity contribution in [3.8, 4) is 0 Å². The van der Waals surface area contributed by atoms with Crippen molar-refractivity contribution in [2.24, 2.45) is 5.92 Å². The average Bonchev–Trinajstić information content (AvgIpc) is 2.21. The molecule has 1 nitrogen and oxygen atoms in total. The van der Waals surface area contributed by atoms with E-state index in [0.29, 0.717) is 6.04 Å². The van der Waals surface area contributed by atoms with Gasteiger partial charge >= 0.3 is 0 Å². The van der Waals surface area contributed by atoms with Gasteiger partial charge in [-0.05, 0) is 37.1 Å². The van der Waals surface area contributed by atoms with Crippen molar-refractivity contribution in [3.63, 3.8) is 0 Å². The van der Waals surface area contributed by atoms with Crippen LogP contribution in [0.5, 0.6) is 0 Å². The Balaban J connectivity index is 1.90. The van der Waals surface area contributed by atoms with Gasteiger partial charge in [0.05, 0.1) is 6.04 Å². The molecule has 1 radical (unpaired) electrons. The quantitative estimate of drug-likeness (QED) is 0.624. The summed E-state index contributed by atoms with van der Waals surface area (Å²) < 4.78 is 0. The SMILES string of the molecule is [C]1=CC=CNC1C1CCCCC1. The summed E-state index contributed by atoms with van der Waals surface area (Å²) in [7, 11) is 0. The molecule has 1 aliphatic carbocycles. The first-order valence-electron chi connectivity index (χ1n) is 4.97. The fourth-order valence-corrected chi connectivity index (χ4v) is 2.15. The van der Waals surface area contributed by atoms with Crippen molar-refractivity contribution in [1.82, 2.24) is 5.32 Å². The third-order valence-corrected chi connectivity index (χ3v) is 2.87. The van der Waals surface area contributed by atoms with E-state index in [2.05, 4.69) is 11.4 Å². The Bertz CT molecular complexity index is 187. The van der Waals surface area contributed by atoms with Crippen molar-refractivity contribution in [2.45, 2.75) is 38.1 Å². The van der Waals surface area contributed by atoms with Gasteiger partial charge in [-0.1, -0.05) is 25.3 Å². The van der Waals surface area contributed by atoms with Crippen molar-refractivity contribution >= 4 is 0 Å². The first kappa shape index (κ1) is 7.90. The maximum atomic E-state index is 3.37. The molecule has 1 heteroatoms. The Hall–Kier alpha value is -0.720. The van der Waals surface area contributed by atoms with Gasteiger partial charge in [-0.15, -0.1) is 0 Å². The van der Waals surface area contributed by atoms with Crippen LogP contribution in [-0.2, 0) is 0 Å². The highest BCUT2D eigenvalue weighted by Crippen LogP contribution is 2.27. The minimum atomic E-state index is 0.496. The zero-order chi connectivity index (χ0) is 8.23. The Labute approximate surface area is 74.5 Å². The van der Waals surface area contributed by atoms with E-state index >= 15 is 0 Å². The molecule has 0 saturated heterocycles. The molecule has 1 fully saturated rings. The first-order valence-corrected chi connectivity index (χ1v) is 4.97. The number of hydrogen-bond acceptors (Lipinski definition) is 1. The van der Waals surface area contributed by atoms with Crippen molar-refractivity contribution in [2.75, 3.05) is 0 Å². The van der Waals surface area contributed by atoms with Crippen LogP contribution in [0, 0.1) is 12.0 Å². The van der Waals surface area contributed by atoms with E-state index < -0.39 is 0 Å². The molecular weight excluding hydrogens is 146 g/mol. The van der Waals surface area contributed by atoms with Gasteiger partial charge in [-0.25, -0.2) is 0 Å². The number of allylic oxidation sites excluding steroid dienone is 2. The van der Waals surface area contributed by atoms with Crippen LogP contribution < -0.4 is 5.32 Å². The Kier molecular flexibility index (Phi) is 2.50. The maximum absolute atomic E-state index is 3.37. The van der Waals surface area contributed by atoms with E-state index in [9.17, 15) is 0 Å². The lowest BCUT2D eigenvalue weighted by Gasteiger charge is -2.29. The fraction of sp³-hybridized carbons (Fsp3) is 0.636. The highest BCUT2D eigenvalue weighted by atomic mass is 14.9. The molecule has 1 saturated carbocycles. The summed E-state index contributed by atoms with van der Waals surface area (Å²) in [5, 5.41) is 3.37. The second-order valence-electron chi connectivity index (χ2n) is 3.73. The molecule has 12 heavy (non-hydrogen) atoms. The van der Waals surface area contributed by atoms with Gasteiger partial charge in [0.1, 0.15) is 0 Å². The molecule has 0 spiro atoms. The predicted molar refractivity (Wildman–Crippen MR) is 50.5 cm³/mol. The summed E-state index contributed by atoms with van der Waals surface area (Å²) in [6.45, 7) is 0. The molecule has 1 aliphatic heterocycles. The number of hydrogen-bond donors (Lipinski definition) is 1. The van der Waals surface area contributed by atoms with Crippen LogP contribution >= 0.6 is 0 Å². The lowest BCUT2D eigenvalue weighted by Crippen LogP contribution is -2.33. The summed E-state index contributed by atoms with van der Waals surface area (Å²) >= 11 is 0.